The summed E-state index contributed by atoms with van der Waals surface area (Å²) in [5, 5.41) is 12.1. The predicted molar refractivity (Wildman–Crippen MR) is 73.7 cm³/mol. The van der Waals surface area contributed by atoms with Crippen LogP contribution in [0.25, 0.3) is 0 Å². The Labute approximate surface area is 108 Å². The molecule has 0 spiro atoms. The van der Waals surface area contributed by atoms with E-state index in [1.165, 1.54) is 0 Å². The third-order valence-electron chi connectivity index (χ3n) is 2.28. The number of quaternary nitrogens is 1. The number of nitrogen functional groups attached to an aromatic ring is 1. The lowest BCUT2D eigenvalue weighted by Crippen LogP contribution is -2.96. The molecule has 0 saturated heterocycles. The molecule has 2 aromatic carbocycles. The molecule has 3 N–H and O–H groups in total. The molecule has 2 rings (SSSR count). The maximum atomic E-state index is 12.0. The molecule has 3 nitrogen and oxygen atoms in total. The lowest BCUT2D eigenvalue weighted by atomic mass is 10.2. The van der Waals surface area contributed by atoms with E-state index in [9.17, 15) is 5.21 Å². The van der Waals surface area contributed by atoms with Crippen LogP contribution in [0.15, 0.2) is 48.5 Å². The number of nitrogens with one attached hydrogen (secondary N) is 1. The maximum absolute atomic E-state index is 12.0. The summed E-state index contributed by atoms with van der Waals surface area (Å²) in [7, 11) is 0. The molecule has 0 fully saturated rings. The monoisotopic (exact) mass is 326 g/mol. The molecule has 2 aromatic rings. The van der Waals surface area contributed by atoms with Gasteiger partial charge in [-0.05, 0) is 46.9 Å². The zero-order valence-electron chi connectivity index (χ0n) is 8.48. The number of rotatable bonds is 2. The van der Waals surface area contributed by atoms with Gasteiger partial charge in [0.25, 0.3) is 0 Å². The molecule has 82 valence electrons. The SMILES string of the molecule is Nc1ccc([NH+]([O-])c2ccc(I)cc2)cc1. The molecule has 0 radical (unpaired) electrons. The van der Waals surface area contributed by atoms with Gasteiger partial charge in [-0.25, -0.2) is 0 Å². The fraction of sp³-hybridized carbons (Fsp3) is 0. The standard InChI is InChI=1S/C12H11IN2O/c13-9-1-5-11(6-2-9)15(16)12-7-3-10(14)4-8-12/h1-8,15H,14H2. The Morgan fingerprint density at radius 1 is 0.875 bits per heavy atom. The summed E-state index contributed by atoms with van der Waals surface area (Å²) in [6, 6.07) is 14.5. The fourth-order valence-electron chi connectivity index (χ4n) is 1.40. The zero-order chi connectivity index (χ0) is 11.5. The van der Waals surface area contributed by atoms with E-state index >= 15 is 0 Å². The highest BCUT2D eigenvalue weighted by molar-refractivity contribution is 14.1. The minimum Gasteiger partial charge on any atom is -0.623 e. The van der Waals surface area contributed by atoms with E-state index in [0.717, 1.165) is 3.57 Å². The molecule has 1 unspecified atom stereocenters. The van der Waals surface area contributed by atoms with Gasteiger partial charge in [-0.15, -0.1) is 0 Å². The van der Waals surface area contributed by atoms with Gasteiger partial charge in [0, 0.05) is 33.5 Å². The molecule has 0 heterocycles. The van der Waals surface area contributed by atoms with Crippen LogP contribution in [0.5, 0.6) is 0 Å². The second kappa shape index (κ2) is 4.82. The summed E-state index contributed by atoms with van der Waals surface area (Å²) in [6.45, 7) is 0. The van der Waals surface area contributed by atoms with Crippen LogP contribution < -0.4 is 10.8 Å². The number of halogens is 1. The van der Waals surface area contributed by atoms with Gasteiger partial charge >= 0.3 is 0 Å². The molecule has 0 aliphatic rings. The van der Waals surface area contributed by atoms with Gasteiger partial charge in [0.1, 0.15) is 11.4 Å². The predicted octanol–water partition coefficient (Wildman–Crippen LogP) is 2.22. The minimum atomic E-state index is 0.0244. The van der Waals surface area contributed by atoms with Crippen LogP contribution in [0.3, 0.4) is 0 Å². The Morgan fingerprint density at radius 3 is 1.81 bits per heavy atom. The molecule has 0 bridgehead atoms. The van der Waals surface area contributed by atoms with Crippen LogP contribution in [-0.4, -0.2) is 0 Å². The normalized spacial score (nSPS) is 12.4. The average Bonchev–Trinajstić information content (AvgIpc) is 2.30. The van der Waals surface area contributed by atoms with E-state index < -0.39 is 0 Å². The smallest absolute Gasteiger partial charge is 0.136 e. The topological polar surface area (TPSA) is 53.5 Å². The number of nitrogens with two attached hydrogens (primary N) is 1. The maximum Gasteiger partial charge on any atom is 0.136 e. The van der Waals surface area contributed by atoms with Crippen molar-refractivity contribution in [3.8, 4) is 0 Å². The minimum absolute atomic E-state index is 0.0244. The first-order chi connectivity index (χ1) is 7.66. The first-order valence-corrected chi connectivity index (χ1v) is 5.90. The lowest BCUT2D eigenvalue weighted by molar-refractivity contribution is -0.698. The Bertz CT molecular complexity index is 422. The van der Waals surface area contributed by atoms with Gasteiger partial charge < -0.3 is 16.0 Å². The van der Waals surface area contributed by atoms with E-state index in [-0.39, 0.29) is 5.06 Å². The van der Waals surface area contributed by atoms with Crippen LogP contribution in [0.2, 0.25) is 0 Å². The van der Waals surface area contributed by atoms with Crippen molar-refractivity contribution in [3.63, 3.8) is 0 Å². The first kappa shape index (κ1) is 11.4. The molecule has 0 aromatic heterocycles. The summed E-state index contributed by atoms with van der Waals surface area (Å²) >= 11 is 2.21. The molecular formula is C12H11IN2O. The third kappa shape index (κ3) is 2.52. The molecule has 16 heavy (non-hydrogen) atoms. The second-order valence-corrected chi connectivity index (χ2v) is 4.70. The summed E-state index contributed by atoms with van der Waals surface area (Å²) in [5.74, 6) is 0. The first-order valence-electron chi connectivity index (χ1n) is 4.82. The summed E-state index contributed by atoms with van der Waals surface area (Å²) in [4.78, 5) is 0. The van der Waals surface area contributed by atoms with E-state index in [4.69, 9.17) is 5.73 Å². The van der Waals surface area contributed by atoms with E-state index in [1.807, 2.05) is 24.3 Å². The molecule has 1 atom stereocenters. The van der Waals surface area contributed by atoms with Crippen molar-refractivity contribution in [2.75, 3.05) is 5.73 Å². The molecule has 4 heteroatoms. The number of hydrogen-bond donors (Lipinski definition) is 2. The largest absolute Gasteiger partial charge is 0.623 e. The quantitative estimate of drug-likeness (QED) is 0.505. The zero-order valence-corrected chi connectivity index (χ0v) is 10.6. The molecule has 0 amide bonds. The Kier molecular flexibility index (Phi) is 3.42. The highest BCUT2D eigenvalue weighted by Crippen LogP contribution is 2.12. The summed E-state index contributed by atoms with van der Waals surface area (Å²) < 4.78 is 1.12. The van der Waals surface area contributed by atoms with E-state index in [2.05, 4.69) is 22.6 Å². The Hall–Kier alpha value is -1.11. The third-order valence-corrected chi connectivity index (χ3v) is 3.00. The summed E-state index contributed by atoms with van der Waals surface area (Å²) in [5.41, 5.74) is 7.60. The number of hydrogen-bond acceptors (Lipinski definition) is 2. The van der Waals surface area contributed by atoms with Gasteiger partial charge in [0.2, 0.25) is 0 Å². The van der Waals surface area contributed by atoms with Crippen molar-refractivity contribution in [2.24, 2.45) is 0 Å². The highest BCUT2D eigenvalue weighted by atomic mass is 127. The number of benzene rings is 2. The lowest BCUT2D eigenvalue weighted by Gasteiger charge is -2.21. The molecular weight excluding hydrogens is 315 g/mol. The number of anilines is 1. The molecule has 0 aliphatic heterocycles. The van der Waals surface area contributed by atoms with Gasteiger partial charge in [-0.2, -0.15) is 0 Å². The van der Waals surface area contributed by atoms with Gasteiger partial charge in [-0.1, -0.05) is 0 Å². The molecule has 0 aliphatic carbocycles. The van der Waals surface area contributed by atoms with Gasteiger partial charge in [-0.3, -0.25) is 0 Å². The second-order valence-electron chi connectivity index (χ2n) is 3.46. The molecule has 0 saturated carbocycles. The average molecular weight is 326 g/mol. The van der Waals surface area contributed by atoms with Crippen LogP contribution in [0.1, 0.15) is 0 Å². The van der Waals surface area contributed by atoms with Crippen LogP contribution in [-0.2, 0) is 0 Å². The van der Waals surface area contributed by atoms with E-state index in [0.29, 0.717) is 17.1 Å². The van der Waals surface area contributed by atoms with Crippen LogP contribution >= 0.6 is 22.6 Å². The van der Waals surface area contributed by atoms with Crippen molar-refractivity contribution >= 4 is 39.7 Å². The summed E-state index contributed by atoms with van der Waals surface area (Å²) in [6.07, 6.45) is 0. The Morgan fingerprint density at radius 2 is 1.31 bits per heavy atom. The van der Waals surface area contributed by atoms with Crippen molar-refractivity contribution in [1.29, 1.82) is 0 Å². The highest BCUT2D eigenvalue weighted by Gasteiger charge is 2.05. The van der Waals surface area contributed by atoms with Gasteiger partial charge in [0.15, 0.2) is 0 Å². The van der Waals surface area contributed by atoms with Crippen molar-refractivity contribution in [2.45, 2.75) is 0 Å². The van der Waals surface area contributed by atoms with Crippen LogP contribution in [0.4, 0.5) is 17.1 Å². The van der Waals surface area contributed by atoms with E-state index in [1.54, 1.807) is 24.3 Å². The van der Waals surface area contributed by atoms with Crippen molar-refractivity contribution < 1.29 is 5.06 Å². The van der Waals surface area contributed by atoms with Crippen LogP contribution in [0, 0.1) is 8.78 Å². The van der Waals surface area contributed by atoms with Crippen molar-refractivity contribution in [3.05, 3.63) is 57.3 Å². The van der Waals surface area contributed by atoms with Crippen molar-refractivity contribution in [1.82, 2.24) is 0 Å². The fourth-order valence-corrected chi connectivity index (χ4v) is 1.76. The van der Waals surface area contributed by atoms with Gasteiger partial charge in [0.05, 0.1) is 0 Å². The Balaban J connectivity index is 2.28.